The maximum absolute atomic E-state index is 12.8. The number of nitrogens with zero attached hydrogens (tertiary/aromatic N) is 2. The van der Waals surface area contributed by atoms with Crippen LogP contribution in [0.25, 0.3) is 11.0 Å². The molecule has 0 aliphatic carbocycles. The molecule has 4 aromatic rings. The Morgan fingerprint density at radius 1 is 1.08 bits per heavy atom. The Labute approximate surface area is 218 Å². The molecule has 1 N–H and O–H groups in total. The van der Waals surface area contributed by atoms with Crippen LogP contribution in [-0.2, 0) is 13.0 Å². The Kier molecular flexibility index (Phi) is 8.62. The second-order valence-electron chi connectivity index (χ2n) is 9.21. The van der Waals surface area contributed by atoms with Crippen LogP contribution in [0, 0.1) is 6.92 Å². The second kappa shape index (κ2) is 12.3. The van der Waals surface area contributed by atoms with E-state index in [9.17, 15) is 4.79 Å². The standard InChI is InChI=1S/C31H35N3O3/c1-5-10-24-15-18-28(29(21-24)36-4)37-20-9-8-19-34-27-12-7-6-11-26(27)33-30(34)23(3)32-31(35)25-16-13-22(2)14-17-25/h5-7,11-18,21,23H,1,8-10,19-20H2,2-4H3,(H,32,35). The summed E-state index contributed by atoms with van der Waals surface area (Å²) in [5.41, 5.74) is 4.90. The number of hydrogen-bond donors (Lipinski definition) is 1. The van der Waals surface area contributed by atoms with Crippen molar-refractivity contribution >= 4 is 16.9 Å². The summed E-state index contributed by atoms with van der Waals surface area (Å²) >= 11 is 0. The zero-order chi connectivity index (χ0) is 26.2. The van der Waals surface area contributed by atoms with Gasteiger partial charge in [0.15, 0.2) is 11.5 Å². The second-order valence-corrected chi connectivity index (χ2v) is 9.21. The molecule has 1 unspecified atom stereocenters. The number of nitrogens with one attached hydrogen (secondary N) is 1. The largest absolute Gasteiger partial charge is 0.493 e. The first-order chi connectivity index (χ1) is 18.0. The summed E-state index contributed by atoms with van der Waals surface area (Å²) in [5, 5.41) is 3.12. The van der Waals surface area contributed by atoms with Crippen molar-refractivity contribution in [3.63, 3.8) is 0 Å². The maximum atomic E-state index is 12.8. The van der Waals surface area contributed by atoms with Crippen LogP contribution in [0.5, 0.6) is 11.5 Å². The van der Waals surface area contributed by atoms with Crippen molar-refractivity contribution < 1.29 is 14.3 Å². The zero-order valence-electron chi connectivity index (χ0n) is 21.9. The van der Waals surface area contributed by atoms with Gasteiger partial charge < -0.3 is 19.4 Å². The van der Waals surface area contributed by atoms with Gasteiger partial charge in [-0.05, 0) is 75.1 Å². The molecule has 0 spiro atoms. The van der Waals surface area contributed by atoms with Crippen LogP contribution >= 0.6 is 0 Å². The van der Waals surface area contributed by atoms with Crippen molar-refractivity contribution in [2.45, 2.75) is 45.7 Å². The third-order valence-electron chi connectivity index (χ3n) is 6.37. The minimum Gasteiger partial charge on any atom is -0.493 e. The molecule has 1 atom stereocenters. The lowest BCUT2D eigenvalue weighted by Crippen LogP contribution is -2.28. The van der Waals surface area contributed by atoms with Gasteiger partial charge in [0.2, 0.25) is 0 Å². The topological polar surface area (TPSA) is 65.4 Å². The highest BCUT2D eigenvalue weighted by Crippen LogP contribution is 2.29. The van der Waals surface area contributed by atoms with Gasteiger partial charge in [0.25, 0.3) is 5.91 Å². The molecule has 3 aromatic carbocycles. The van der Waals surface area contributed by atoms with Crippen LogP contribution < -0.4 is 14.8 Å². The number of para-hydroxylation sites is 2. The molecule has 6 heteroatoms. The lowest BCUT2D eigenvalue weighted by Gasteiger charge is -2.17. The molecule has 4 rings (SSSR count). The third kappa shape index (κ3) is 6.39. The first-order valence-corrected chi connectivity index (χ1v) is 12.7. The van der Waals surface area contributed by atoms with E-state index < -0.39 is 0 Å². The molecule has 0 aliphatic heterocycles. The highest BCUT2D eigenvalue weighted by molar-refractivity contribution is 5.94. The minimum absolute atomic E-state index is 0.104. The summed E-state index contributed by atoms with van der Waals surface area (Å²) in [6.45, 7) is 9.14. The molecule has 192 valence electrons. The SMILES string of the molecule is C=CCc1ccc(OCCCCn2c(C(C)NC(=O)c3ccc(C)cc3)nc3ccccc32)c(OC)c1. The molecule has 0 bridgehead atoms. The van der Waals surface area contributed by atoms with Crippen molar-refractivity contribution in [3.8, 4) is 11.5 Å². The van der Waals surface area contributed by atoms with Gasteiger partial charge in [-0.15, -0.1) is 6.58 Å². The van der Waals surface area contributed by atoms with Gasteiger partial charge in [0.05, 0.1) is 30.8 Å². The smallest absolute Gasteiger partial charge is 0.251 e. The Hall–Kier alpha value is -4.06. The van der Waals surface area contributed by atoms with E-state index in [1.807, 2.05) is 80.6 Å². The predicted octanol–water partition coefficient (Wildman–Crippen LogP) is 6.43. The number of ether oxygens (including phenoxy) is 2. The van der Waals surface area contributed by atoms with Gasteiger partial charge in [-0.25, -0.2) is 4.98 Å². The summed E-state index contributed by atoms with van der Waals surface area (Å²) in [6.07, 6.45) is 4.44. The van der Waals surface area contributed by atoms with Gasteiger partial charge in [0.1, 0.15) is 5.82 Å². The average molecular weight is 498 g/mol. The van der Waals surface area contributed by atoms with Crippen LogP contribution in [0.3, 0.4) is 0 Å². The molecule has 1 heterocycles. The van der Waals surface area contributed by atoms with Crippen LogP contribution in [0.1, 0.15) is 53.1 Å². The van der Waals surface area contributed by atoms with Crippen LogP contribution in [0.2, 0.25) is 0 Å². The van der Waals surface area contributed by atoms with E-state index in [1.54, 1.807) is 7.11 Å². The number of hydrogen-bond acceptors (Lipinski definition) is 4. The molecular weight excluding hydrogens is 462 g/mol. The van der Waals surface area contributed by atoms with E-state index in [-0.39, 0.29) is 11.9 Å². The fourth-order valence-electron chi connectivity index (χ4n) is 4.39. The predicted molar refractivity (Wildman–Crippen MR) is 148 cm³/mol. The number of fused-ring (bicyclic) bond motifs is 1. The molecule has 0 saturated carbocycles. The van der Waals surface area contributed by atoms with Crippen molar-refractivity contribution in [2.24, 2.45) is 0 Å². The van der Waals surface area contributed by atoms with Crippen molar-refractivity contribution in [1.29, 1.82) is 0 Å². The van der Waals surface area contributed by atoms with Crippen LogP contribution in [0.15, 0.2) is 79.4 Å². The van der Waals surface area contributed by atoms with E-state index in [4.69, 9.17) is 14.5 Å². The van der Waals surface area contributed by atoms with Gasteiger partial charge in [-0.3, -0.25) is 4.79 Å². The number of unbranched alkanes of at least 4 members (excludes halogenated alkanes) is 1. The first-order valence-electron chi connectivity index (χ1n) is 12.7. The first kappa shape index (κ1) is 26.0. The summed E-state index contributed by atoms with van der Waals surface area (Å²) in [6, 6.07) is 21.4. The van der Waals surface area contributed by atoms with Gasteiger partial charge >= 0.3 is 0 Å². The highest BCUT2D eigenvalue weighted by atomic mass is 16.5. The fraction of sp³-hybridized carbons (Fsp3) is 0.290. The Morgan fingerprint density at radius 2 is 1.86 bits per heavy atom. The molecule has 0 radical (unpaired) electrons. The number of carbonyl (C=O) groups excluding carboxylic acids is 1. The van der Waals surface area contributed by atoms with Gasteiger partial charge in [0, 0.05) is 12.1 Å². The number of allylic oxidation sites excluding steroid dienone is 1. The van der Waals surface area contributed by atoms with Crippen LogP contribution in [0.4, 0.5) is 0 Å². The van der Waals surface area contributed by atoms with Crippen LogP contribution in [-0.4, -0.2) is 29.2 Å². The Morgan fingerprint density at radius 3 is 2.62 bits per heavy atom. The summed E-state index contributed by atoms with van der Waals surface area (Å²) < 4.78 is 13.7. The normalized spacial score (nSPS) is 11.8. The quantitative estimate of drug-likeness (QED) is 0.181. The van der Waals surface area contributed by atoms with Gasteiger partial charge in [-0.2, -0.15) is 0 Å². The highest BCUT2D eigenvalue weighted by Gasteiger charge is 2.19. The monoisotopic (exact) mass is 497 g/mol. The number of benzene rings is 3. The van der Waals surface area contributed by atoms with Crippen molar-refractivity contribution in [2.75, 3.05) is 13.7 Å². The number of amides is 1. The lowest BCUT2D eigenvalue weighted by atomic mass is 10.1. The Balaban J connectivity index is 1.40. The van der Waals surface area contributed by atoms with Crippen molar-refractivity contribution in [1.82, 2.24) is 14.9 Å². The van der Waals surface area contributed by atoms with Gasteiger partial charge in [-0.1, -0.05) is 42.0 Å². The number of methoxy groups -OCH3 is 1. The fourth-order valence-corrected chi connectivity index (χ4v) is 4.39. The molecule has 6 nitrogen and oxygen atoms in total. The molecule has 1 aromatic heterocycles. The minimum atomic E-state index is -0.240. The van der Waals surface area contributed by atoms with E-state index in [0.717, 1.165) is 65.3 Å². The van der Waals surface area contributed by atoms with Crippen molar-refractivity contribution in [3.05, 3.63) is 102 Å². The molecule has 1 amide bonds. The molecule has 37 heavy (non-hydrogen) atoms. The number of carbonyl (C=O) groups is 1. The molecule has 0 saturated heterocycles. The number of imidazole rings is 1. The molecule has 0 fully saturated rings. The summed E-state index contributed by atoms with van der Waals surface area (Å²) in [4.78, 5) is 17.7. The molecular formula is C31H35N3O3. The number of rotatable bonds is 12. The Bertz CT molecular complexity index is 1360. The van der Waals surface area contributed by atoms with E-state index in [2.05, 4.69) is 22.5 Å². The summed E-state index contributed by atoms with van der Waals surface area (Å²) in [7, 11) is 1.66. The maximum Gasteiger partial charge on any atom is 0.251 e. The third-order valence-corrected chi connectivity index (χ3v) is 6.37. The average Bonchev–Trinajstić information content (AvgIpc) is 3.28. The van der Waals surface area contributed by atoms with E-state index in [1.165, 1.54) is 0 Å². The zero-order valence-corrected chi connectivity index (χ0v) is 21.9. The number of aromatic nitrogens is 2. The molecule has 0 aliphatic rings. The van der Waals surface area contributed by atoms with E-state index >= 15 is 0 Å². The summed E-state index contributed by atoms with van der Waals surface area (Å²) in [5.74, 6) is 2.23. The number of aryl methyl sites for hydroxylation is 2. The van der Waals surface area contributed by atoms with E-state index in [0.29, 0.717) is 12.2 Å². The lowest BCUT2D eigenvalue weighted by molar-refractivity contribution is 0.0937.